The summed E-state index contributed by atoms with van der Waals surface area (Å²) in [4.78, 5) is 4.30. The van der Waals surface area contributed by atoms with Crippen LogP contribution in [0.2, 0.25) is 0 Å². The highest BCUT2D eigenvalue weighted by molar-refractivity contribution is 7.99. The number of anilines is 1. The van der Waals surface area contributed by atoms with Crippen LogP contribution >= 0.6 is 11.8 Å². The van der Waals surface area contributed by atoms with Gasteiger partial charge in [-0.25, -0.2) is 4.98 Å². The van der Waals surface area contributed by atoms with Gasteiger partial charge in [0.2, 0.25) is 0 Å². The summed E-state index contributed by atoms with van der Waals surface area (Å²) >= 11 is 2.12. The molecule has 0 radical (unpaired) electrons. The van der Waals surface area contributed by atoms with Crippen LogP contribution in [0.5, 0.6) is 0 Å². The second-order valence-corrected chi connectivity index (χ2v) is 5.94. The van der Waals surface area contributed by atoms with E-state index in [9.17, 15) is 0 Å². The number of hydrogen-bond donors (Lipinski definition) is 1. The third kappa shape index (κ3) is 4.23. The van der Waals surface area contributed by atoms with Crippen LogP contribution in [0.25, 0.3) is 0 Å². The maximum atomic E-state index is 4.30. The Morgan fingerprint density at radius 3 is 2.94 bits per heavy atom. The summed E-state index contributed by atoms with van der Waals surface area (Å²) in [6.45, 7) is 3.04. The lowest BCUT2D eigenvalue weighted by Gasteiger charge is -2.20. The molecule has 94 valence electrons. The molecule has 0 unspecified atom stereocenters. The molecule has 1 saturated carbocycles. The molecule has 0 bridgehead atoms. The average Bonchev–Trinajstić information content (AvgIpc) is 2.39. The van der Waals surface area contributed by atoms with Gasteiger partial charge in [0, 0.05) is 23.7 Å². The highest BCUT2D eigenvalue weighted by Crippen LogP contribution is 2.30. The van der Waals surface area contributed by atoms with E-state index in [0.717, 1.165) is 23.4 Å². The quantitative estimate of drug-likeness (QED) is 0.852. The number of rotatable bonds is 5. The van der Waals surface area contributed by atoms with Gasteiger partial charge in [-0.15, -0.1) is 0 Å². The minimum absolute atomic E-state index is 0.888. The summed E-state index contributed by atoms with van der Waals surface area (Å²) < 4.78 is 0. The molecule has 1 N–H and O–H groups in total. The van der Waals surface area contributed by atoms with Gasteiger partial charge in [0.15, 0.2) is 0 Å². The van der Waals surface area contributed by atoms with E-state index in [1.54, 1.807) is 0 Å². The molecule has 1 aromatic rings. The van der Waals surface area contributed by atoms with Crippen molar-refractivity contribution >= 4 is 17.6 Å². The highest BCUT2D eigenvalue weighted by atomic mass is 32.2. The second-order valence-electron chi connectivity index (χ2n) is 4.65. The smallest absolute Gasteiger partial charge is 0.126 e. The van der Waals surface area contributed by atoms with E-state index in [-0.39, 0.29) is 0 Å². The third-order valence-electron chi connectivity index (χ3n) is 3.22. The number of nitrogens with zero attached hydrogens (tertiary/aromatic N) is 1. The van der Waals surface area contributed by atoms with Gasteiger partial charge in [0.25, 0.3) is 0 Å². The van der Waals surface area contributed by atoms with Crippen molar-refractivity contribution < 1.29 is 0 Å². The lowest BCUT2D eigenvalue weighted by Crippen LogP contribution is -2.08. The Balaban J connectivity index is 1.83. The summed E-state index contributed by atoms with van der Waals surface area (Å²) in [7, 11) is 0. The summed E-state index contributed by atoms with van der Waals surface area (Å²) in [5, 5.41) is 4.15. The van der Waals surface area contributed by atoms with Gasteiger partial charge in [0.05, 0.1) is 0 Å². The molecule has 1 fully saturated rings. The first-order valence-electron chi connectivity index (χ1n) is 6.69. The molecule has 0 spiro atoms. The molecule has 1 aromatic heterocycles. The summed E-state index contributed by atoms with van der Waals surface area (Å²) in [5.41, 5.74) is 1.39. The zero-order valence-electron chi connectivity index (χ0n) is 10.6. The molecule has 0 amide bonds. The monoisotopic (exact) mass is 250 g/mol. The van der Waals surface area contributed by atoms with Crippen LogP contribution in [0.4, 0.5) is 5.82 Å². The van der Waals surface area contributed by atoms with E-state index in [1.165, 1.54) is 37.7 Å². The van der Waals surface area contributed by atoms with E-state index in [4.69, 9.17) is 0 Å². The van der Waals surface area contributed by atoms with Crippen LogP contribution in [0.3, 0.4) is 0 Å². The fourth-order valence-electron chi connectivity index (χ4n) is 2.29. The minimum Gasteiger partial charge on any atom is -0.370 e. The van der Waals surface area contributed by atoms with E-state index < -0.39 is 0 Å². The highest BCUT2D eigenvalue weighted by Gasteiger charge is 2.13. The Kier molecular flexibility index (Phi) is 5.17. The van der Waals surface area contributed by atoms with Gasteiger partial charge in [-0.1, -0.05) is 19.3 Å². The molecular weight excluding hydrogens is 228 g/mol. The Morgan fingerprint density at radius 2 is 2.18 bits per heavy atom. The maximum absolute atomic E-state index is 4.30. The largest absolute Gasteiger partial charge is 0.370 e. The SMILES string of the molecule is CCNc1cc(CSC2CCCCC2)ccn1. The first kappa shape index (κ1) is 12.7. The Bertz CT molecular complexity index is 335. The summed E-state index contributed by atoms with van der Waals surface area (Å²) in [6, 6.07) is 4.32. The van der Waals surface area contributed by atoms with Crippen molar-refractivity contribution in [1.82, 2.24) is 4.98 Å². The fraction of sp³-hybridized carbons (Fsp3) is 0.643. The van der Waals surface area contributed by atoms with E-state index >= 15 is 0 Å². The minimum atomic E-state index is 0.888. The van der Waals surface area contributed by atoms with Crippen molar-refractivity contribution in [3.05, 3.63) is 23.9 Å². The van der Waals surface area contributed by atoms with Gasteiger partial charge in [-0.2, -0.15) is 11.8 Å². The van der Waals surface area contributed by atoms with Gasteiger partial charge in [0.1, 0.15) is 5.82 Å². The Labute approximate surface area is 109 Å². The third-order valence-corrected chi connectivity index (χ3v) is 4.66. The second kappa shape index (κ2) is 6.90. The molecule has 1 aliphatic carbocycles. The van der Waals surface area contributed by atoms with Gasteiger partial charge < -0.3 is 5.32 Å². The summed E-state index contributed by atoms with van der Waals surface area (Å²) in [5.74, 6) is 2.14. The van der Waals surface area contributed by atoms with Gasteiger partial charge in [-0.3, -0.25) is 0 Å². The fourth-order valence-corrected chi connectivity index (χ4v) is 3.56. The number of hydrogen-bond acceptors (Lipinski definition) is 3. The topological polar surface area (TPSA) is 24.9 Å². The normalized spacial score (nSPS) is 17.0. The molecule has 17 heavy (non-hydrogen) atoms. The molecule has 0 aromatic carbocycles. The molecule has 3 heteroatoms. The number of thioether (sulfide) groups is 1. The van der Waals surface area contributed by atoms with Gasteiger partial charge in [-0.05, 0) is 37.5 Å². The van der Waals surface area contributed by atoms with Crippen molar-refractivity contribution in [2.75, 3.05) is 11.9 Å². The Hall–Kier alpha value is -0.700. The molecule has 0 saturated heterocycles. The van der Waals surface area contributed by atoms with Crippen LogP contribution in [0.15, 0.2) is 18.3 Å². The molecule has 0 aliphatic heterocycles. The van der Waals surface area contributed by atoms with Crippen LogP contribution in [0.1, 0.15) is 44.6 Å². The van der Waals surface area contributed by atoms with E-state index in [2.05, 4.69) is 41.1 Å². The van der Waals surface area contributed by atoms with Crippen LogP contribution in [-0.2, 0) is 5.75 Å². The van der Waals surface area contributed by atoms with E-state index in [0.29, 0.717) is 0 Å². The van der Waals surface area contributed by atoms with Crippen LogP contribution < -0.4 is 5.32 Å². The first-order valence-corrected chi connectivity index (χ1v) is 7.74. The number of aromatic nitrogens is 1. The molecule has 1 aliphatic rings. The van der Waals surface area contributed by atoms with Gasteiger partial charge >= 0.3 is 0 Å². The number of nitrogens with one attached hydrogen (secondary N) is 1. The zero-order chi connectivity index (χ0) is 11.9. The average molecular weight is 250 g/mol. The lowest BCUT2D eigenvalue weighted by atomic mass is 10.0. The standard InChI is InChI=1S/C14H22N2S/c1-2-15-14-10-12(8-9-16-14)11-17-13-6-4-3-5-7-13/h8-10,13H,2-7,11H2,1H3,(H,15,16). The van der Waals surface area contributed by atoms with Crippen LogP contribution in [0, 0.1) is 0 Å². The van der Waals surface area contributed by atoms with Crippen molar-refractivity contribution in [3.63, 3.8) is 0 Å². The van der Waals surface area contributed by atoms with E-state index in [1.807, 2.05) is 6.20 Å². The zero-order valence-corrected chi connectivity index (χ0v) is 11.4. The molecule has 2 nitrogen and oxygen atoms in total. The first-order chi connectivity index (χ1) is 8.38. The molecular formula is C14H22N2S. The van der Waals surface area contributed by atoms with Crippen molar-refractivity contribution in [2.24, 2.45) is 0 Å². The summed E-state index contributed by atoms with van der Waals surface area (Å²) in [6.07, 6.45) is 9.03. The van der Waals surface area contributed by atoms with Crippen molar-refractivity contribution in [1.29, 1.82) is 0 Å². The molecule has 1 heterocycles. The lowest BCUT2D eigenvalue weighted by molar-refractivity contribution is 0.516. The molecule has 2 rings (SSSR count). The van der Waals surface area contributed by atoms with Crippen LogP contribution in [-0.4, -0.2) is 16.8 Å². The van der Waals surface area contributed by atoms with Crippen molar-refractivity contribution in [2.45, 2.75) is 50.0 Å². The maximum Gasteiger partial charge on any atom is 0.126 e. The Morgan fingerprint density at radius 1 is 1.35 bits per heavy atom. The van der Waals surface area contributed by atoms with Crippen molar-refractivity contribution in [3.8, 4) is 0 Å². The predicted octanol–water partition coefficient (Wildman–Crippen LogP) is 4.08. The number of pyridine rings is 1. The molecule has 0 atom stereocenters. The predicted molar refractivity (Wildman–Crippen MR) is 76.6 cm³/mol.